The molecule has 0 aliphatic rings. The lowest BCUT2D eigenvalue weighted by Gasteiger charge is -2.12. The number of nitrogens with one attached hydrogen (secondary N) is 3. The smallest absolute Gasteiger partial charge is 0.253 e. The van der Waals surface area contributed by atoms with Crippen molar-refractivity contribution in [3.8, 4) is 0 Å². The first-order valence-electron chi connectivity index (χ1n) is 10.3. The van der Waals surface area contributed by atoms with E-state index in [1.54, 1.807) is 0 Å². The molecule has 0 bridgehead atoms. The van der Waals surface area contributed by atoms with Crippen molar-refractivity contribution in [3.63, 3.8) is 0 Å². The van der Waals surface area contributed by atoms with Crippen molar-refractivity contribution in [1.82, 2.24) is 20.1 Å². The van der Waals surface area contributed by atoms with Gasteiger partial charge in [-0.05, 0) is 56.6 Å². The molecule has 0 aliphatic heterocycles. The number of fused-ring (bicyclic) bond motifs is 1. The average molecular weight is 490 g/mol. The summed E-state index contributed by atoms with van der Waals surface area (Å²) < 4.78 is 2.16. The minimum Gasteiger partial charge on any atom is -0.346 e. The van der Waals surface area contributed by atoms with Crippen molar-refractivity contribution in [1.29, 1.82) is 0 Å². The molecular weight excluding hydrogens is 465 g/mol. The first kappa shape index (κ1) is 24.6. The van der Waals surface area contributed by atoms with Gasteiger partial charge < -0.3 is 25.4 Å². The summed E-state index contributed by atoms with van der Waals surface area (Å²) in [6.07, 6.45) is 2.02. The number of hydrogen-bond donors (Lipinski definition) is 3. The molecular formula is C23H25Cl2N5O3. The lowest BCUT2D eigenvalue weighted by Crippen LogP contribution is -2.40. The Morgan fingerprint density at radius 3 is 2.42 bits per heavy atom. The minimum absolute atomic E-state index is 0.185. The Bertz CT molecular complexity index is 1180. The van der Waals surface area contributed by atoms with Gasteiger partial charge in [-0.15, -0.1) is 0 Å². The number of amides is 3. The standard InChI is InChI=1S/C23H25Cl2N5O3/c1-29(2)9-10-30-8-7-15-11-17(4-6-20(15)30)28-22(32)14-26-21(31)13-27-23(33)18-5-3-16(24)12-19(18)25/h3-8,11-12H,9-10,13-14H2,1-2H3,(H,26,31)(H,27,33)(H,28,32). The average Bonchev–Trinajstić information content (AvgIpc) is 3.16. The topological polar surface area (TPSA) is 95.5 Å². The van der Waals surface area contributed by atoms with E-state index in [1.165, 1.54) is 18.2 Å². The molecule has 0 saturated carbocycles. The molecule has 0 unspecified atom stereocenters. The molecule has 0 spiro atoms. The molecule has 3 N–H and O–H groups in total. The summed E-state index contributed by atoms with van der Waals surface area (Å²) in [5.41, 5.74) is 1.93. The van der Waals surface area contributed by atoms with Crippen LogP contribution in [0, 0.1) is 0 Å². The van der Waals surface area contributed by atoms with Crippen LogP contribution in [0.1, 0.15) is 10.4 Å². The number of aromatic nitrogens is 1. The maximum Gasteiger partial charge on any atom is 0.253 e. The van der Waals surface area contributed by atoms with Crippen molar-refractivity contribution in [3.05, 3.63) is 64.3 Å². The van der Waals surface area contributed by atoms with Crippen LogP contribution in [0.15, 0.2) is 48.7 Å². The highest BCUT2D eigenvalue weighted by Crippen LogP contribution is 2.21. The number of likely N-dealkylation sites (N-methyl/N-ethyl adjacent to an activating group) is 1. The maximum atomic E-state index is 12.2. The third-order valence-electron chi connectivity index (χ3n) is 4.87. The molecule has 3 amide bonds. The second-order valence-corrected chi connectivity index (χ2v) is 8.56. The molecule has 10 heteroatoms. The Morgan fingerprint density at radius 1 is 0.939 bits per heavy atom. The Balaban J connectivity index is 1.46. The zero-order valence-electron chi connectivity index (χ0n) is 18.3. The summed E-state index contributed by atoms with van der Waals surface area (Å²) >= 11 is 11.8. The van der Waals surface area contributed by atoms with Crippen molar-refractivity contribution in [2.75, 3.05) is 39.0 Å². The lowest BCUT2D eigenvalue weighted by atomic mass is 10.2. The van der Waals surface area contributed by atoms with Gasteiger partial charge >= 0.3 is 0 Å². The van der Waals surface area contributed by atoms with Crippen LogP contribution >= 0.6 is 23.2 Å². The largest absolute Gasteiger partial charge is 0.346 e. The van der Waals surface area contributed by atoms with Gasteiger partial charge in [0.15, 0.2) is 0 Å². The predicted molar refractivity (Wildman–Crippen MR) is 131 cm³/mol. The normalized spacial score (nSPS) is 10.9. The number of halogens is 2. The van der Waals surface area contributed by atoms with Gasteiger partial charge in [-0.25, -0.2) is 0 Å². The van der Waals surface area contributed by atoms with Crippen LogP contribution in [-0.4, -0.2) is 60.9 Å². The Hall–Kier alpha value is -3.07. The van der Waals surface area contributed by atoms with Crippen LogP contribution in [0.4, 0.5) is 5.69 Å². The van der Waals surface area contributed by atoms with E-state index in [2.05, 4.69) is 25.4 Å². The van der Waals surface area contributed by atoms with E-state index in [4.69, 9.17) is 23.2 Å². The quantitative estimate of drug-likeness (QED) is 0.430. The van der Waals surface area contributed by atoms with Gasteiger partial charge in [0.05, 0.1) is 23.7 Å². The van der Waals surface area contributed by atoms with Crippen LogP contribution < -0.4 is 16.0 Å². The fraction of sp³-hybridized carbons (Fsp3) is 0.261. The van der Waals surface area contributed by atoms with Gasteiger partial charge in [-0.3, -0.25) is 14.4 Å². The third kappa shape index (κ3) is 6.95. The van der Waals surface area contributed by atoms with Crippen LogP contribution in [0.2, 0.25) is 10.0 Å². The highest BCUT2D eigenvalue weighted by Gasteiger charge is 2.13. The number of carbonyl (C=O) groups excluding carboxylic acids is 3. The molecule has 1 aromatic heterocycles. The van der Waals surface area contributed by atoms with Crippen molar-refractivity contribution < 1.29 is 14.4 Å². The van der Waals surface area contributed by atoms with Crippen LogP contribution in [0.25, 0.3) is 10.9 Å². The number of nitrogens with zero attached hydrogens (tertiary/aromatic N) is 2. The Morgan fingerprint density at radius 2 is 1.70 bits per heavy atom. The predicted octanol–water partition coefficient (Wildman–Crippen LogP) is 2.99. The van der Waals surface area contributed by atoms with E-state index in [-0.39, 0.29) is 29.6 Å². The van der Waals surface area contributed by atoms with E-state index in [0.717, 1.165) is 24.0 Å². The summed E-state index contributed by atoms with van der Waals surface area (Å²) in [6.45, 7) is 1.28. The van der Waals surface area contributed by atoms with E-state index in [1.807, 2.05) is 44.6 Å². The SMILES string of the molecule is CN(C)CCn1ccc2cc(NC(=O)CNC(=O)CNC(=O)c3ccc(Cl)cc3Cl)ccc21. The Kier molecular flexibility index (Phi) is 8.32. The monoisotopic (exact) mass is 489 g/mol. The van der Waals surface area contributed by atoms with Crippen LogP contribution in [0.3, 0.4) is 0 Å². The second-order valence-electron chi connectivity index (χ2n) is 7.72. The summed E-state index contributed by atoms with van der Waals surface area (Å²) in [6, 6.07) is 12.1. The van der Waals surface area contributed by atoms with E-state index < -0.39 is 11.8 Å². The zero-order valence-corrected chi connectivity index (χ0v) is 19.8. The summed E-state index contributed by atoms with van der Waals surface area (Å²) in [7, 11) is 4.06. The highest BCUT2D eigenvalue weighted by molar-refractivity contribution is 6.36. The van der Waals surface area contributed by atoms with Crippen LogP contribution in [0.5, 0.6) is 0 Å². The van der Waals surface area contributed by atoms with Crippen LogP contribution in [-0.2, 0) is 16.1 Å². The molecule has 0 fully saturated rings. The fourth-order valence-corrected chi connectivity index (χ4v) is 3.65. The van der Waals surface area contributed by atoms with Crippen molar-refractivity contribution >= 4 is 57.5 Å². The van der Waals surface area contributed by atoms with Crippen molar-refractivity contribution in [2.45, 2.75) is 6.54 Å². The molecule has 174 valence electrons. The van der Waals surface area contributed by atoms with E-state index >= 15 is 0 Å². The molecule has 0 aliphatic carbocycles. The summed E-state index contributed by atoms with van der Waals surface area (Å²) in [5, 5.41) is 9.30. The number of anilines is 1. The van der Waals surface area contributed by atoms with E-state index in [9.17, 15) is 14.4 Å². The van der Waals surface area contributed by atoms with Gasteiger partial charge in [0, 0.05) is 40.9 Å². The van der Waals surface area contributed by atoms with Crippen molar-refractivity contribution in [2.24, 2.45) is 0 Å². The zero-order chi connectivity index (χ0) is 24.0. The minimum atomic E-state index is -0.512. The number of hydrogen-bond acceptors (Lipinski definition) is 4. The Labute approximate surface area is 201 Å². The maximum absolute atomic E-state index is 12.2. The molecule has 33 heavy (non-hydrogen) atoms. The number of rotatable bonds is 9. The van der Waals surface area contributed by atoms with Gasteiger partial charge in [-0.1, -0.05) is 23.2 Å². The fourth-order valence-electron chi connectivity index (χ4n) is 3.16. The lowest BCUT2D eigenvalue weighted by molar-refractivity contribution is -0.123. The molecule has 0 saturated heterocycles. The summed E-state index contributed by atoms with van der Waals surface area (Å²) in [5.74, 6) is -1.39. The first-order chi connectivity index (χ1) is 15.7. The third-order valence-corrected chi connectivity index (χ3v) is 5.42. The highest BCUT2D eigenvalue weighted by atomic mass is 35.5. The van der Waals surface area contributed by atoms with Gasteiger partial charge in [-0.2, -0.15) is 0 Å². The number of carbonyl (C=O) groups is 3. The second kappa shape index (κ2) is 11.2. The molecule has 3 rings (SSSR count). The van der Waals surface area contributed by atoms with Gasteiger partial charge in [0.1, 0.15) is 0 Å². The molecule has 8 nitrogen and oxygen atoms in total. The number of benzene rings is 2. The summed E-state index contributed by atoms with van der Waals surface area (Å²) in [4.78, 5) is 38.5. The molecule has 0 radical (unpaired) electrons. The van der Waals surface area contributed by atoms with Gasteiger partial charge in [0.2, 0.25) is 11.8 Å². The van der Waals surface area contributed by atoms with E-state index in [0.29, 0.717) is 10.7 Å². The first-order valence-corrected chi connectivity index (χ1v) is 11.0. The molecule has 3 aromatic rings. The molecule has 0 atom stereocenters. The molecule has 1 heterocycles. The molecule has 2 aromatic carbocycles. The van der Waals surface area contributed by atoms with Gasteiger partial charge in [0.25, 0.3) is 5.91 Å².